The van der Waals surface area contributed by atoms with Crippen molar-refractivity contribution in [3.05, 3.63) is 11.1 Å². The first-order valence-corrected chi connectivity index (χ1v) is 5.34. The van der Waals surface area contributed by atoms with E-state index in [-0.39, 0.29) is 0 Å². The lowest BCUT2D eigenvalue weighted by atomic mass is 10.2. The molecule has 0 aliphatic rings. The van der Waals surface area contributed by atoms with Crippen LogP contribution < -0.4 is 0 Å². The van der Waals surface area contributed by atoms with E-state index >= 15 is 0 Å². The molecular weight excluding hydrogens is 162 g/mol. The molecule has 0 N–H and O–H groups in total. The molecule has 56 valence electrons. The van der Waals surface area contributed by atoms with Crippen molar-refractivity contribution in [2.75, 3.05) is 6.26 Å². The van der Waals surface area contributed by atoms with E-state index in [1.54, 1.807) is 23.1 Å². The lowest BCUT2D eigenvalue weighted by Crippen LogP contribution is -1.85. The van der Waals surface area contributed by atoms with Gasteiger partial charge in [-0.1, -0.05) is 25.6 Å². The number of hydrogen-bond donors (Lipinski definition) is 0. The summed E-state index contributed by atoms with van der Waals surface area (Å²) in [7, 11) is 0. The summed E-state index contributed by atoms with van der Waals surface area (Å²) in [6.07, 6.45) is 2.06. The zero-order chi connectivity index (χ0) is 7.56. The third-order valence-corrected chi connectivity index (χ3v) is 3.15. The molecule has 0 fully saturated rings. The molecule has 0 spiro atoms. The van der Waals surface area contributed by atoms with E-state index in [0.717, 1.165) is 0 Å². The van der Waals surface area contributed by atoms with E-state index in [2.05, 4.69) is 30.5 Å². The van der Waals surface area contributed by atoms with Crippen LogP contribution in [0.3, 0.4) is 0 Å². The smallest absolute Gasteiger partial charge is 0.149 e. The Kier molecular flexibility index (Phi) is 2.74. The predicted octanol–water partition coefficient (Wildman–Crippen LogP) is 2.99. The van der Waals surface area contributed by atoms with Crippen molar-refractivity contribution in [2.45, 2.75) is 24.1 Å². The fourth-order valence-electron chi connectivity index (χ4n) is 0.628. The van der Waals surface area contributed by atoms with Gasteiger partial charge in [-0.3, -0.25) is 0 Å². The van der Waals surface area contributed by atoms with Crippen molar-refractivity contribution >= 4 is 23.1 Å². The standard InChI is InChI=1S/C7H11NS2/c1-5(2)6-4-10-7(8-6)9-3/h4-5H,1-3H3. The van der Waals surface area contributed by atoms with E-state index in [1.807, 2.05) is 0 Å². The van der Waals surface area contributed by atoms with Crippen molar-refractivity contribution < 1.29 is 0 Å². The van der Waals surface area contributed by atoms with Crippen molar-refractivity contribution in [2.24, 2.45) is 0 Å². The van der Waals surface area contributed by atoms with Gasteiger partial charge in [0.1, 0.15) is 4.34 Å². The van der Waals surface area contributed by atoms with Crippen LogP contribution in [-0.2, 0) is 0 Å². The first-order valence-electron chi connectivity index (χ1n) is 3.23. The summed E-state index contributed by atoms with van der Waals surface area (Å²) in [4.78, 5) is 4.41. The highest BCUT2D eigenvalue weighted by Crippen LogP contribution is 2.23. The van der Waals surface area contributed by atoms with E-state index < -0.39 is 0 Å². The molecule has 0 atom stereocenters. The fraction of sp³-hybridized carbons (Fsp3) is 0.571. The van der Waals surface area contributed by atoms with E-state index in [9.17, 15) is 0 Å². The Morgan fingerprint density at radius 1 is 1.60 bits per heavy atom. The molecule has 1 nitrogen and oxygen atoms in total. The molecule has 0 unspecified atom stereocenters. The second-order valence-electron chi connectivity index (χ2n) is 2.40. The number of aromatic nitrogens is 1. The lowest BCUT2D eigenvalue weighted by Gasteiger charge is -1.95. The number of nitrogens with zero attached hydrogens (tertiary/aromatic N) is 1. The first kappa shape index (κ1) is 8.08. The molecule has 1 aromatic heterocycles. The molecule has 0 saturated carbocycles. The number of thioether (sulfide) groups is 1. The highest BCUT2D eigenvalue weighted by Gasteiger charge is 2.03. The van der Waals surface area contributed by atoms with Gasteiger partial charge in [-0.2, -0.15) is 0 Å². The minimum absolute atomic E-state index is 0.567. The summed E-state index contributed by atoms with van der Waals surface area (Å²) in [5, 5.41) is 2.14. The van der Waals surface area contributed by atoms with Crippen LogP contribution in [0.2, 0.25) is 0 Å². The fourth-order valence-corrected chi connectivity index (χ4v) is 2.06. The van der Waals surface area contributed by atoms with E-state index in [0.29, 0.717) is 5.92 Å². The van der Waals surface area contributed by atoms with Crippen molar-refractivity contribution in [3.63, 3.8) is 0 Å². The Morgan fingerprint density at radius 2 is 2.30 bits per heavy atom. The molecule has 0 amide bonds. The van der Waals surface area contributed by atoms with Crippen molar-refractivity contribution in [1.29, 1.82) is 0 Å². The molecule has 0 saturated heterocycles. The molecule has 0 aliphatic heterocycles. The van der Waals surface area contributed by atoms with Crippen molar-refractivity contribution in [1.82, 2.24) is 4.98 Å². The Bertz CT molecular complexity index is 205. The second-order valence-corrected chi connectivity index (χ2v) is 4.31. The van der Waals surface area contributed by atoms with Crippen LogP contribution in [0, 0.1) is 0 Å². The molecule has 1 heterocycles. The van der Waals surface area contributed by atoms with Crippen molar-refractivity contribution in [3.8, 4) is 0 Å². The van der Waals surface area contributed by atoms with Crippen LogP contribution in [0.15, 0.2) is 9.72 Å². The third-order valence-electron chi connectivity index (χ3n) is 1.27. The van der Waals surface area contributed by atoms with Gasteiger partial charge in [0.05, 0.1) is 5.69 Å². The normalized spacial score (nSPS) is 10.8. The van der Waals surface area contributed by atoms with Crippen LogP contribution in [0.25, 0.3) is 0 Å². The highest BCUT2D eigenvalue weighted by molar-refractivity contribution is 8.00. The Morgan fingerprint density at radius 3 is 2.60 bits per heavy atom. The largest absolute Gasteiger partial charge is 0.234 e. The molecule has 0 aliphatic carbocycles. The molecule has 3 heteroatoms. The highest BCUT2D eigenvalue weighted by atomic mass is 32.2. The summed E-state index contributed by atoms with van der Waals surface area (Å²) in [5.41, 5.74) is 1.22. The van der Waals surface area contributed by atoms with Crippen LogP contribution >= 0.6 is 23.1 Å². The maximum Gasteiger partial charge on any atom is 0.149 e. The summed E-state index contributed by atoms with van der Waals surface area (Å²) < 4.78 is 1.17. The van der Waals surface area contributed by atoms with Gasteiger partial charge in [-0.15, -0.1) is 11.3 Å². The van der Waals surface area contributed by atoms with Gasteiger partial charge in [0.25, 0.3) is 0 Å². The van der Waals surface area contributed by atoms with Gasteiger partial charge in [-0.05, 0) is 12.2 Å². The maximum atomic E-state index is 4.41. The van der Waals surface area contributed by atoms with Crippen LogP contribution in [0.5, 0.6) is 0 Å². The average molecular weight is 173 g/mol. The van der Waals surface area contributed by atoms with Crippen LogP contribution in [-0.4, -0.2) is 11.2 Å². The van der Waals surface area contributed by atoms with Gasteiger partial charge in [0, 0.05) is 5.38 Å². The SMILES string of the molecule is CSc1nc(C(C)C)cs1. The quantitative estimate of drug-likeness (QED) is 0.638. The van der Waals surface area contributed by atoms with E-state index in [4.69, 9.17) is 0 Å². The molecule has 0 aromatic carbocycles. The van der Waals surface area contributed by atoms with Crippen LogP contribution in [0.4, 0.5) is 0 Å². The molecule has 0 bridgehead atoms. The van der Waals surface area contributed by atoms with Crippen LogP contribution in [0.1, 0.15) is 25.5 Å². The molecule has 10 heavy (non-hydrogen) atoms. The van der Waals surface area contributed by atoms with Gasteiger partial charge < -0.3 is 0 Å². The van der Waals surface area contributed by atoms with Gasteiger partial charge in [0.2, 0.25) is 0 Å². The number of rotatable bonds is 2. The number of hydrogen-bond acceptors (Lipinski definition) is 3. The monoisotopic (exact) mass is 173 g/mol. The van der Waals surface area contributed by atoms with E-state index in [1.165, 1.54) is 10.0 Å². The topological polar surface area (TPSA) is 12.9 Å². The minimum atomic E-state index is 0.567. The number of thiazole rings is 1. The summed E-state index contributed by atoms with van der Waals surface area (Å²) in [6.45, 7) is 4.33. The van der Waals surface area contributed by atoms with Gasteiger partial charge in [0.15, 0.2) is 0 Å². The van der Waals surface area contributed by atoms with Gasteiger partial charge >= 0.3 is 0 Å². The molecule has 1 rings (SSSR count). The maximum absolute atomic E-state index is 4.41. The molecule has 0 radical (unpaired) electrons. The Balaban J connectivity index is 2.78. The lowest BCUT2D eigenvalue weighted by molar-refractivity contribution is 0.822. The zero-order valence-electron chi connectivity index (χ0n) is 6.42. The molecular formula is C7H11NS2. The summed E-state index contributed by atoms with van der Waals surface area (Å²) >= 11 is 3.44. The summed E-state index contributed by atoms with van der Waals surface area (Å²) in [6, 6.07) is 0. The van der Waals surface area contributed by atoms with Gasteiger partial charge in [-0.25, -0.2) is 4.98 Å². The Labute approximate surface area is 69.9 Å². The summed E-state index contributed by atoms with van der Waals surface area (Å²) in [5.74, 6) is 0.567. The average Bonchev–Trinajstić information content (AvgIpc) is 2.34. The zero-order valence-corrected chi connectivity index (χ0v) is 8.05. The Hall–Kier alpha value is -0.0200. The second kappa shape index (κ2) is 3.39. The first-order chi connectivity index (χ1) is 4.74. The third kappa shape index (κ3) is 1.73. The predicted molar refractivity (Wildman–Crippen MR) is 48.0 cm³/mol. The minimum Gasteiger partial charge on any atom is -0.234 e. The molecule has 1 aromatic rings.